The number of esters is 1. The number of amides is 1. The highest BCUT2D eigenvalue weighted by Gasteiger charge is 2.45. The number of carbonyl (C=O) groups excluding carboxylic acids is 2. The molecule has 1 heterocycles. The number of carbonyl (C=O) groups is 2. The van der Waals surface area contributed by atoms with E-state index in [1.165, 1.54) is 18.2 Å². The van der Waals surface area contributed by atoms with Crippen LogP contribution in [0.3, 0.4) is 0 Å². The first kappa shape index (κ1) is 15.0. The molecule has 5 nitrogen and oxygen atoms in total. The molecule has 2 rings (SSSR count). The van der Waals surface area contributed by atoms with Gasteiger partial charge in [-0.25, -0.2) is 5.01 Å². The molecule has 0 saturated heterocycles. The van der Waals surface area contributed by atoms with Crippen LogP contribution in [0.25, 0.3) is 0 Å². The summed E-state index contributed by atoms with van der Waals surface area (Å²) in [5.41, 5.74) is 0.798. The molecule has 21 heavy (non-hydrogen) atoms. The molecule has 0 bridgehead atoms. The summed E-state index contributed by atoms with van der Waals surface area (Å²) in [5, 5.41) is 5.47. The fourth-order valence-electron chi connectivity index (χ4n) is 2.55. The van der Waals surface area contributed by atoms with E-state index in [2.05, 4.69) is 11.7 Å². The molecule has 110 valence electrons. The van der Waals surface area contributed by atoms with Gasteiger partial charge in [0.25, 0.3) is 5.91 Å². The van der Waals surface area contributed by atoms with Crippen LogP contribution < -0.4 is 0 Å². The van der Waals surface area contributed by atoms with Gasteiger partial charge in [-0.05, 0) is 31.1 Å². The Labute approximate surface area is 123 Å². The van der Waals surface area contributed by atoms with Gasteiger partial charge >= 0.3 is 5.97 Å². The fraction of sp³-hybridized carbons (Fsp3) is 0.312. The van der Waals surface area contributed by atoms with Crippen LogP contribution in [-0.2, 0) is 14.3 Å². The smallest absolute Gasteiger partial charge is 0.313 e. The molecule has 1 aliphatic rings. The second-order valence-corrected chi connectivity index (χ2v) is 5.38. The summed E-state index contributed by atoms with van der Waals surface area (Å²) in [6.45, 7) is 6.97. The summed E-state index contributed by atoms with van der Waals surface area (Å²) >= 11 is 0. The van der Waals surface area contributed by atoms with Crippen LogP contribution >= 0.6 is 0 Å². The Morgan fingerprint density at radius 1 is 1.38 bits per heavy atom. The van der Waals surface area contributed by atoms with Gasteiger partial charge in [0, 0.05) is 0 Å². The summed E-state index contributed by atoms with van der Waals surface area (Å²) in [4.78, 5) is 24.2. The van der Waals surface area contributed by atoms with Gasteiger partial charge in [0.2, 0.25) is 0 Å². The fourth-order valence-corrected chi connectivity index (χ4v) is 2.55. The highest BCUT2D eigenvalue weighted by Crippen LogP contribution is 2.42. The number of hydrogen-bond donors (Lipinski definition) is 0. The minimum absolute atomic E-state index is 0.359. The van der Waals surface area contributed by atoms with Crippen LogP contribution in [0.5, 0.6) is 0 Å². The van der Waals surface area contributed by atoms with Crippen molar-refractivity contribution in [2.45, 2.75) is 19.9 Å². The van der Waals surface area contributed by atoms with Gasteiger partial charge in [-0.3, -0.25) is 9.59 Å². The van der Waals surface area contributed by atoms with E-state index >= 15 is 0 Å². The Kier molecular flexibility index (Phi) is 3.93. The van der Waals surface area contributed by atoms with Crippen LogP contribution in [0.15, 0.2) is 42.0 Å². The maximum Gasteiger partial charge on any atom is 0.313 e. The SMILES string of the molecule is C=CC(=O)N1N=Cc2ccccc2C1C(C)(C)C(=O)OC. The molecule has 1 aromatic carbocycles. The van der Waals surface area contributed by atoms with Gasteiger partial charge in [-0.15, -0.1) is 0 Å². The Morgan fingerprint density at radius 2 is 2.05 bits per heavy atom. The zero-order valence-electron chi connectivity index (χ0n) is 12.4. The Hall–Kier alpha value is -2.43. The molecule has 0 saturated carbocycles. The summed E-state index contributed by atoms with van der Waals surface area (Å²) in [5.74, 6) is -0.760. The molecule has 1 amide bonds. The Bertz CT molecular complexity index is 620. The molecule has 1 unspecified atom stereocenters. The van der Waals surface area contributed by atoms with Gasteiger partial charge in [0.05, 0.1) is 24.8 Å². The zero-order chi connectivity index (χ0) is 15.6. The topological polar surface area (TPSA) is 59.0 Å². The predicted octanol–water partition coefficient (Wildman–Crippen LogP) is 2.29. The molecule has 5 heteroatoms. The van der Waals surface area contributed by atoms with Crippen molar-refractivity contribution < 1.29 is 14.3 Å². The summed E-state index contributed by atoms with van der Waals surface area (Å²) in [6, 6.07) is 7.00. The molecule has 0 aliphatic carbocycles. The molecule has 0 aromatic heterocycles. The van der Waals surface area contributed by atoms with Gasteiger partial charge in [-0.1, -0.05) is 30.8 Å². The highest BCUT2D eigenvalue weighted by atomic mass is 16.5. The monoisotopic (exact) mass is 286 g/mol. The van der Waals surface area contributed by atoms with Crippen molar-refractivity contribution in [2.24, 2.45) is 10.5 Å². The van der Waals surface area contributed by atoms with Crippen LogP contribution in [0, 0.1) is 5.41 Å². The first-order valence-corrected chi connectivity index (χ1v) is 6.60. The van der Waals surface area contributed by atoms with E-state index in [0.717, 1.165) is 11.1 Å². The molecule has 1 aromatic rings. The Morgan fingerprint density at radius 3 is 2.67 bits per heavy atom. The van der Waals surface area contributed by atoms with Crippen LogP contribution in [0.1, 0.15) is 31.0 Å². The normalized spacial score (nSPS) is 17.1. The lowest BCUT2D eigenvalue weighted by atomic mass is 9.78. The second-order valence-electron chi connectivity index (χ2n) is 5.38. The van der Waals surface area contributed by atoms with Crippen molar-refractivity contribution in [1.29, 1.82) is 0 Å². The average molecular weight is 286 g/mol. The van der Waals surface area contributed by atoms with E-state index in [1.807, 2.05) is 24.3 Å². The lowest BCUT2D eigenvalue weighted by Crippen LogP contribution is -2.45. The van der Waals surface area contributed by atoms with Gasteiger partial charge in [0.15, 0.2) is 0 Å². The number of nitrogens with zero attached hydrogens (tertiary/aromatic N) is 2. The van der Waals surface area contributed by atoms with Crippen LogP contribution in [0.2, 0.25) is 0 Å². The minimum atomic E-state index is -0.943. The number of ether oxygens (including phenoxy) is 1. The third kappa shape index (κ3) is 2.46. The number of fused-ring (bicyclic) bond motifs is 1. The van der Waals surface area contributed by atoms with Crippen molar-refractivity contribution in [1.82, 2.24) is 5.01 Å². The molecular formula is C16H18N2O3. The Balaban J connectivity index is 2.59. The summed E-state index contributed by atoms with van der Waals surface area (Å²) < 4.78 is 4.89. The standard InChI is InChI=1S/C16H18N2O3/c1-5-13(19)18-14(16(2,3)15(20)21-4)12-9-7-6-8-11(12)10-17-18/h5-10,14H,1H2,2-4H3. The number of hydrogen-bond acceptors (Lipinski definition) is 4. The number of hydrazone groups is 1. The first-order chi connectivity index (χ1) is 9.93. The maximum atomic E-state index is 12.2. The quantitative estimate of drug-likeness (QED) is 0.632. The van der Waals surface area contributed by atoms with E-state index in [1.54, 1.807) is 20.1 Å². The number of methoxy groups -OCH3 is 1. The summed E-state index contributed by atoms with van der Waals surface area (Å²) in [6.07, 6.45) is 2.80. The van der Waals surface area contributed by atoms with Crippen LogP contribution in [-0.4, -0.2) is 30.2 Å². The largest absolute Gasteiger partial charge is 0.469 e. The third-order valence-electron chi connectivity index (χ3n) is 3.65. The van der Waals surface area contributed by atoms with Crippen LogP contribution in [0.4, 0.5) is 0 Å². The first-order valence-electron chi connectivity index (χ1n) is 6.60. The number of rotatable bonds is 3. The molecule has 1 aliphatic heterocycles. The molecule has 1 atom stereocenters. The third-order valence-corrected chi connectivity index (χ3v) is 3.65. The highest BCUT2D eigenvalue weighted by molar-refractivity contribution is 5.92. The van der Waals surface area contributed by atoms with Crippen molar-refractivity contribution in [3.05, 3.63) is 48.0 Å². The van der Waals surface area contributed by atoms with Crippen molar-refractivity contribution >= 4 is 18.1 Å². The molecule has 0 spiro atoms. The van der Waals surface area contributed by atoms with E-state index in [4.69, 9.17) is 4.74 Å². The second kappa shape index (κ2) is 5.52. The van der Waals surface area contributed by atoms with Gasteiger partial charge in [-0.2, -0.15) is 5.10 Å². The molecule has 0 fully saturated rings. The summed E-state index contributed by atoms with van der Waals surface area (Å²) in [7, 11) is 1.34. The van der Waals surface area contributed by atoms with Crippen molar-refractivity contribution in [3.63, 3.8) is 0 Å². The van der Waals surface area contributed by atoms with Gasteiger partial charge < -0.3 is 4.74 Å². The molecule has 0 N–H and O–H groups in total. The molecule has 0 radical (unpaired) electrons. The average Bonchev–Trinajstić information content (AvgIpc) is 2.51. The van der Waals surface area contributed by atoms with E-state index in [0.29, 0.717) is 0 Å². The molecular weight excluding hydrogens is 268 g/mol. The van der Waals surface area contributed by atoms with Crippen molar-refractivity contribution in [3.8, 4) is 0 Å². The maximum absolute atomic E-state index is 12.2. The number of benzene rings is 1. The lowest BCUT2D eigenvalue weighted by Gasteiger charge is -2.39. The van der Waals surface area contributed by atoms with E-state index < -0.39 is 17.4 Å². The van der Waals surface area contributed by atoms with Gasteiger partial charge in [0.1, 0.15) is 0 Å². The van der Waals surface area contributed by atoms with Crippen molar-refractivity contribution in [2.75, 3.05) is 7.11 Å². The lowest BCUT2D eigenvalue weighted by molar-refractivity contribution is -0.157. The predicted molar refractivity (Wildman–Crippen MR) is 79.6 cm³/mol. The van der Waals surface area contributed by atoms with E-state index in [-0.39, 0.29) is 5.91 Å². The minimum Gasteiger partial charge on any atom is -0.469 e. The zero-order valence-corrected chi connectivity index (χ0v) is 12.4. The van der Waals surface area contributed by atoms with E-state index in [9.17, 15) is 9.59 Å².